The van der Waals surface area contributed by atoms with Crippen LogP contribution in [0, 0.1) is 22.7 Å². The van der Waals surface area contributed by atoms with Crippen molar-refractivity contribution in [3.8, 4) is 12.1 Å². The fourth-order valence-corrected chi connectivity index (χ4v) is 0.516. The largest absolute Gasteiger partial charge is 0.196 e. The van der Waals surface area contributed by atoms with Crippen LogP contribution < -0.4 is 0 Å². The van der Waals surface area contributed by atoms with Gasteiger partial charge < -0.3 is 0 Å². The summed E-state index contributed by atoms with van der Waals surface area (Å²) in [4.78, 5) is 2.54. The van der Waals surface area contributed by atoms with Gasteiger partial charge in [-0.3, -0.25) is 0 Å². The van der Waals surface area contributed by atoms with Gasteiger partial charge in [0, 0.05) is 4.91 Å². The molecule has 15 heavy (non-hydrogen) atoms. The summed E-state index contributed by atoms with van der Waals surface area (Å²) in [5.41, 5.74) is 5.94. The lowest BCUT2D eigenvalue weighted by Gasteiger charge is -2.14. The van der Waals surface area contributed by atoms with Crippen LogP contribution >= 0.6 is 0 Å². The van der Waals surface area contributed by atoms with Crippen LogP contribution in [-0.4, -0.2) is 17.6 Å². The summed E-state index contributed by atoms with van der Waals surface area (Å²) in [6.45, 7) is 4.52. The van der Waals surface area contributed by atoms with E-state index in [1.807, 2.05) is 12.1 Å². The molecule has 1 atom stereocenters. The van der Waals surface area contributed by atoms with Gasteiger partial charge in [-0.15, -0.1) is 0 Å². The predicted octanol–water partition coefficient (Wildman–Crippen LogP) is 2.33. The number of nitrogens with zero attached hydrogens (tertiary/aromatic N) is 7. The Morgan fingerprint density at radius 1 is 1.20 bits per heavy atom. The Labute approximate surface area is 87.7 Å². The zero-order valence-electron chi connectivity index (χ0n) is 8.84. The van der Waals surface area contributed by atoms with E-state index < -0.39 is 11.1 Å². The van der Waals surface area contributed by atoms with Crippen molar-refractivity contribution in [2.75, 3.05) is 6.54 Å². The maximum Gasteiger partial charge on any atom is 0.170 e. The Balaban J connectivity index is 4.82. The van der Waals surface area contributed by atoms with Gasteiger partial charge in [0.1, 0.15) is 0 Å². The van der Waals surface area contributed by atoms with Crippen LogP contribution in [0.5, 0.6) is 0 Å². The summed E-state index contributed by atoms with van der Waals surface area (Å²) in [5.74, 6) is 0. The van der Waals surface area contributed by atoms with Crippen LogP contribution in [0.25, 0.3) is 10.4 Å². The quantitative estimate of drug-likeness (QED) is 0.397. The number of hydrogen-bond donors (Lipinski definition) is 0. The number of hydrogen-bond acceptors (Lipinski definition) is 5. The van der Waals surface area contributed by atoms with Gasteiger partial charge in [0.25, 0.3) is 0 Å². The summed E-state index contributed by atoms with van der Waals surface area (Å²) in [7, 11) is 0. The number of azide groups is 1. The summed E-state index contributed by atoms with van der Waals surface area (Å²) >= 11 is 0. The molecule has 0 spiro atoms. The lowest BCUT2D eigenvalue weighted by molar-refractivity contribution is 0.517. The minimum atomic E-state index is -1.21. The highest BCUT2D eigenvalue weighted by atomic mass is 15.2. The van der Waals surface area contributed by atoms with E-state index >= 15 is 0 Å². The van der Waals surface area contributed by atoms with Gasteiger partial charge in [0.05, 0.1) is 18.7 Å². The minimum absolute atomic E-state index is 0.106. The van der Waals surface area contributed by atoms with Gasteiger partial charge in [-0.25, -0.2) is 0 Å². The fraction of sp³-hybridized carbons (Fsp3) is 0.750. The van der Waals surface area contributed by atoms with Crippen molar-refractivity contribution < 1.29 is 0 Å². The molecular weight excluding hydrogens is 194 g/mol. The van der Waals surface area contributed by atoms with E-state index in [1.54, 1.807) is 13.8 Å². The normalized spacial score (nSPS) is 14.7. The van der Waals surface area contributed by atoms with Gasteiger partial charge in [0.15, 0.2) is 11.1 Å². The van der Waals surface area contributed by atoms with E-state index in [4.69, 9.17) is 16.1 Å². The molecule has 7 heteroatoms. The molecule has 0 saturated heterocycles. The van der Waals surface area contributed by atoms with Crippen molar-refractivity contribution in [3.05, 3.63) is 10.4 Å². The first-order valence-electron chi connectivity index (χ1n) is 4.16. The molecule has 0 amide bonds. The third-order valence-corrected chi connectivity index (χ3v) is 1.48. The maximum atomic E-state index is 8.81. The van der Waals surface area contributed by atoms with Crippen molar-refractivity contribution in [3.63, 3.8) is 0 Å². The molecule has 0 radical (unpaired) electrons. The molecule has 0 aromatic carbocycles. The number of rotatable bonds is 4. The molecule has 0 N–H and O–H groups in total. The van der Waals surface area contributed by atoms with Crippen LogP contribution in [-0.2, 0) is 0 Å². The molecule has 0 aromatic heterocycles. The Hall–Kier alpha value is -2.11. The van der Waals surface area contributed by atoms with Gasteiger partial charge in [-0.05, 0) is 26.3 Å². The van der Waals surface area contributed by atoms with E-state index in [2.05, 4.69) is 20.3 Å². The molecule has 0 saturated carbocycles. The summed E-state index contributed by atoms with van der Waals surface area (Å²) in [6.07, 6.45) is 0. The van der Waals surface area contributed by atoms with Gasteiger partial charge >= 0.3 is 0 Å². The molecule has 0 aromatic rings. The van der Waals surface area contributed by atoms with Crippen molar-refractivity contribution >= 4 is 0 Å². The number of nitriles is 2. The average Bonchev–Trinajstić information content (AvgIpc) is 2.24. The minimum Gasteiger partial charge on any atom is -0.196 e. The van der Waals surface area contributed by atoms with E-state index in [9.17, 15) is 0 Å². The van der Waals surface area contributed by atoms with E-state index in [-0.39, 0.29) is 6.54 Å². The fourth-order valence-electron chi connectivity index (χ4n) is 0.516. The van der Waals surface area contributed by atoms with Gasteiger partial charge in [-0.1, -0.05) is 5.11 Å². The molecule has 7 nitrogen and oxygen atoms in total. The second kappa shape index (κ2) is 4.94. The van der Waals surface area contributed by atoms with Gasteiger partial charge in [-0.2, -0.15) is 20.8 Å². The van der Waals surface area contributed by atoms with Crippen molar-refractivity contribution in [1.29, 1.82) is 10.5 Å². The van der Waals surface area contributed by atoms with Crippen LogP contribution in [0.4, 0.5) is 0 Å². The predicted molar refractivity (Wildman–Crippen MR) is 52.6 cm³/mol. The summed E-state index contributed by atoms with van der Waals surface area (Å²) in [5, 5.41) is 28.2. The van der Waals surface area contributed by atoms with Crippen LogP contribution in [0.1, 0.15) is 20.8 Å². The first kappa shape index (κ1) is 12.9. The van der Waals surface area contributed by atoms with E-state index in [1.165, 1.54) is 6.92 Å². The summed E-state index contributed by atoms with van der Waals surface area (Å²) < 4.78 is 0. The van der Waals surface area contributed by atoms with E-state index in [0.29, 0.717) is 0 Å². The molecule has 0 aliphatic carbocycles. The van der Waals surface area contributed by atoms with E-state index in [0.717, 1.165) is 0 Å². The van der Waals surface area contributed by atoms with Crippen LogP contribution in [0.2, 0.25) is 0 Å². The van der Waals surface area contributed by atoms with Crippen LogP contribution in [0.3, 0.4) is 0 Å². The first-order chi connectivity index (χ1) is 6.89. The second-order valence-electron chi connectivity index (χ2n) is 3.65. The molecule has 0 bridgehead atoms. The molecule has 1 unspecified atom stereocenters. The lowest BCUT2D eigenvalue weighted by atomic mass is 10.1. The third-order valence-electron chi connectivity index (χ3n) is 1.48. The SMILES string of the molecule is CC(C)(C#N)N=NC(C)(C#N)CN=[N+]=[N-]. The lowest BCUT2D eigenvalue weighted by Crippen LogP contribution is -2.24. The second-order valence-corrected chi connectivity index (χ2v) is 3.65. The monoisotopic (exact) mass is 205 g/mol. The van der Waals surface area contributed by atoms with Crippen molar-refractivity contribution in [2.45, 2.75) is 31.8 Å². The molecular formula is C8H11N7. The Kier molecular flexibility index (Phi) is 4.25. The third kappa shape index (κ3) is 4.61. The highest BCUT2D eigenvalue weighted by Gasteiger charge is 2.24. The topological polar surface area (TPSA) is 121 Å². The highest BCUT2D eigenvalue weighted by Crippen LogP contribution is 2.15. The Morgan fingerprint density at radius 3 is 2.20 bits per heavy atom. The number of azo groups is 1. The van der Waals surface area contributed by atoms with Crippen molar-refractivity contribution in [1.82, 2.24) is 0 Å². The summed E-state index contributed by atoms with van der Waals surface area (Å²) in [6, 6.07) is 3.80. The molecule has 0 rings (SSSR count). The highest BCUT2D eigenvalue weighted by molar-refractivity contribution is 5.07. The van der Waals surface area contributed by atoms with Crippen LogP contribution in [0.15, 0.2) is 15.3 Å². The molecule has 78 valence electrons. The zero-order valence-corrected chi connectivity index (χ0v) is 8.84. The standard InChI is InChI=1S/C8H11N7/c1-7(2,4-9)13-14-8(3,5-10)6-12-15-11/h6H2,1-3H3. The smallest absolute Gasteiger partial charge is 0.170 e. The molecule has 0 heterocycles. The van der Waals surface area contributed by atoms with Gasteiger partial charge in [0.2, 0.25) is 0 Å². The molecule has 0 fully saturated rings. The first-order valence-corrected chi connectivity index (χ1v) is 4.16. The zero-order chi connectivity index (χ0) is 11.9. The molecule has 0 aliphatic heterocycles. The Bertz CT molecular complexity index is 377. The molecule has 0 aliphatic rings. The average molecular weight is 205 g/mol. The maximum absolute atomic E-state index is 8.81. The van der Waals surface area contributed by atoms with Crippen molar-refractivity contribution in [2.24, 2.45) is 15.3 Å². The Morgan fingerprint density at radius 2 is 1.80 bits per heavy atom.